The molecule has 120 valence electrons. The molecule has 1 N–H and O–H groups in total. The smallest absolute Gasteiger partial charge is 0.337 e. The van der Waals surface area contributed by atoms with E-state index in [-0.39, 0.29) is 22.8 Å². The second kappa shape index (κ2) is 6.28. The largest absolute Gasteiger partial charge is 0.507 e. The van der Waals surface area contributed by atoms with Crippen molar-refractivity contribution in [2.24, 2.45) is 0 Å². The van der Waals surface area contributed by atoms with Crippen LogP contribution in [0.2, 0.25) is 0 Å². The normalized spacial score (nSPS) is 17.0. The lowest BCUT2D eigenvalue weighted by atomic mass is 9.91. The molecule has 1 aromatic carbocycles. The third-order valence-electron chi connectivity index (χ3n) is 4.37. The molecule has 2 aliphatic rings. The number of nitrogens with zero attached hydrogens (tertiary/aromatic N) is 1. The van der Waals surface area contributed by atoms with Crippen molar-refractivity contribution in [2.75, 3.05) is 20.2 Å². The molecule has 1 heterocycles. The molecule has 0 spiro atoms. The summed E-state index contributed by atoms with van der Waals surface area (Å²) in [4.78, 5) is 26.1. The fourth-order valence-corrected chi connectivity index (χ4v) is 3.06. The number of methoxy groups -OCH3 is 1. The van der Waals surface area contributed by atoms with Crippen LogP contribution in [-0.2, 0) is 4.74 Å². The number of carbonyl (C=O) groups is 2. The van der Waals surface area contributed by atoms with Gasteiger partial charge in [-0.25, -0.2) is 4.79 Å². The molecule has 0 saturated heterocycles. The van der Waals surface area contributed by atoms with Crippen molar-refractivity contribution in [3.63, 3.8) is 0 Å². The summed E-state index contributed by atoms with van der Waals surface area (Å²) in [6.45, 7) is 1.18. The van der Waals surface area contributed by atoms with Gasteiger partial charge in [0, 0.05) is 13.1 Å². The maximum Gasteiger partial charge on any atom is 0.337 e. The number of hydrogen-bond donors (Lipinski definition) is 1. The zero-order valence-electron chi connectivity index (χ0n) is 13.0. The summed E-state index contributed by atoms with van der Waals surface area (Å²) in [5.41, 5.74) is 3.00. The predicted octanol–water partition coefficient (Wildman–Crippen LogP) is 2.67. The van der Waals surface area contributed by atoms with Crippen molar-refractivity contribution in [1.29, 1.82) is 0 Å². The summed E-state index contributed by atoms with van der Waals surface area (Å²) >= 11 is 0. The number of benzene rings is 1. The van der Waals surface area contributed by atoms with Gasteiger partial charge >= 0.3 is 5.97 Å². The van der Waals surface area contributed by atoms with E-state index in [0.29, 0.717) is 13.1 Å². The Kier molecular flexibility index (Phi) is 4.19. The summed E-state index contributed by atoms with van der Waals surface area (Å²) in [5.74, 6) is -0.918. The molecule has 3 rings (SSSR count). The quantitative estimate of drug-likeness (QED) is 0.853. The van der Waals surface area contributed by atoms with Crippen LogP contribution in [0, 0.1) is 0 Å². The number of hydrogen-bond acceptors (Lipinski definition) is 4. The van der Waals surface area contributed by atoms with Crippen LogP contribution in [0.1, 0.15) is 40.0 Å². The third-order valence-corrected chi connectivity index (χ3v) is 4.37. The zero-order valence-corrected chi connectivity index (χ0v) is 13.0. The molecule has 5 heteroatoms. The second-order valence-electron chi connectivity index (χ2n) is 5.77. The topological polar surface area (TPSA) is 66.8 Å². The van der Waals surface area contributed by atoms with Gasteiger partial charge in [0.05, 0.1) is 18.2 Å². The molecule has 0 bridgehead atoms. The van der Waals surface area contributed by atoms with Crippen LogP contribution < -0.4 is 0 Å². The summed E-state index contributed by atoms with van der Waals surface area (Å²) in [5, 5.41) is 10.00. The average Bonchev–Trinajstić information content (AvgIpc) is 2.60. The molecule has 23 heavy (non-hydrogen) atoms. The van der Waals surface area contributed by atoms with Crippen LogP contribution in [0.25, 0.3) is 0 Å². The number of amides is 1. The van der Waals surface area contributed by atoms with Crippen LogP contribution in [0.5, 0.6) is 5.75 Å². The highest BCUT2D eigenvalue weighted by molar-refractivity contribution is 6.00. The monoisotopic (exact) mass is 313 g/mol. The maximum atomic E-state index is 12.7. The molecule has 0 unspecified atom stereocenters. The van der Waals surface area contributed by atoms with Crippen molar-refractivity contribution in [3.05, 3.63) is 52.6 Å². The number of phenolic OH excluding ortho intramolecular Hbond substituents is 1. The van der Waals surface area contributed by atoms with Gasteiger partial charge < -0.3 is 14.7 Å². The van der Waals surface area contributed by atoms with E-state index in [2.05, 4.69) is 16.9 Å². The second-order valence-corrected chi connectivity index (χ2v) is 5.77. The summed E-state index contributed by atoms with van der Waals surface area (Å²) < 4.78 is 4.66. The number of aromatic hydroxyl groups is 1. The van der Waals surface area contributed by atoms with E-state index in [1.165, 1.54) is 36.5 Å². The Hall–Kier alpha value is -2.56. The number of esters is 1. The number of rotatable bonds is 2. The van der Waals surface area contributed by atoms with Gasteiger partial charge in [-0.05, 0) is 43.0 Å². The number of ether oxygens (including phenoxy) is 1. The molecular formula is C18H19NO4. The van der Waals surface area contributed by atoms with E-state index in [9.17, 15) is 14.7 Å². The fraction of sp³-hybridized carbons (Fsp3) is 0.333. The van der Waals surface area contributed by atoms with Crippen LogP contribution in [-0.4, -0.2) is 42.1 Å². The standard InChI is InChI=1S/C18H19NO4/c1-23-18(22)13-6-7-16(20)15(10-13)17(21)19-9-8-12-4-2-3-5-14(12)11-19/h3,5-7,10,20H,2,4,8-9,11H2,1H3. The summed E-state index contributed by atoms with van der Waals surface area (Å²) in [7, 11) is 1.28. The number of allylic oxidation sites excluding steroid dienone is 1. The molecule has 1 amide bonds. The van der Waals surface area contributed by atoms with Crippen molar-refractivity contribution in [3.8, 4) is 5.75 Å². The average molecular weight is 313 g/mol. The highest BCUT2D eigenvalue weighted by Crippen LogP contribution is 2.29. The molecule has 5 nitrogen and oxygen atoms in total. The molecule has 0 radical (unpaired) electrons. The third kappa shape index (κ3) is 2.99. The van der Waals surface area contributed by atoms with Gasteiger partial charge in [-0.2, -0.15) is 0 Å². The Labute approximate surface area is 134 Å². The van der Waals surface area contributed by atoms with E-state index in [0.717, 1.165) is 19.3 Å². The molecule has 1 aliphatic heterocycles. The maximum absolute atomic E-state index is 12.7. The van der Waals surface area contributed by atoms with E-state index in [1.807, 2.05) is 0 Å². The lowest BCUT2D eigenvalue weighted by Gasteiger charge is -2.31. The first-order chi connectivity index (χ1) is 11.1. The first-order valence-corrected chi connectivity index (χ1v) is 7.68. The van der Waals surface area contributed by atoms with Crippen molar-refractivity contribution < 1.29 is 19.4 Å². The molecular weight excluding hydrogens is 294 g/mol. The number of carbonyl (C=O) groups excluding carboxylic acids is 2. The van der Waals surface area contributed by atoms with Gasteiger partial charge in [-0.15, -0.1) is 0 Å². The van der Waals surface area contributed by atoms with Gasteiger partial charge in [0.2, 0.25) is 0 Å². The Morgan fingerprint density at radius 1 is 1.26 bits per heavy atom. The van der Waals surface area contributed by atoms with E-state index < -0.39 is 5.97 Å². The Bertz CT molecular complexity index is 718. The summed E-state index contributed by atoms with van der Waals surface area (Å²) in [6, 6.07) is 4.19. The van der Waals surface area contributed by atoms with E-state index in [4.69, 9.17) is 0 Å². The molecule has 1 aromatic rings. The van der Waals surface area contributed by atoms with Crippen LogP contribution in [0.4, 0.5) is 0 Å². The minimum atomic E-state index is -0.530. The first-order valence-electron chi connectivity index (χ1n) is 7.68. The summed E-state index contributed by atoms with van der Waals surface area (Å²) in [6.07, 6.45) is 7.21. The Morgan fingerprint density at radius 3 is 2.87 bits per heavy atom. The van der Waals surface area contributed by atoms with Gasteiger partial charge in [-0.3, -0.25) is 4.79 Å². The Balaban J connectivity index is 1.85. The van der Waals surface area contributed by atoms with Crippen LogP contribution in [0.3, 0.4) is 0 Å². The highest BCUT2D eigenvalue weighted by Gasteiger charge is 2.25. The fourth-order valence-electron chi connectivity index (χ4n) is 3.06. The van der Waals surface area contributed by atoms with E-state index in [1.54, 1.807) is 4.90 Å². The minimum Gasteiger partial charge on any atom is -0.507 e. The van der Waals surface area contributed by atoms with Gasteiger partial charge in [0.15, 0.2) is 0 Å². The highest BCUT2D eigenvalue weighted by atomic mass is 16.5. The molecule has 0 atom stereocenters. The Morgan fingerprint density at radius 2 is 2.09 bits per heavy atom. The van der Waals surface area contributed by atoms with Crippen LogP contribution in [0.15, 0.2) is 41.5 Å². The van der Waals surface area contributed by atoms with Crippen molar-refractivity contribution in [2.45, 2.75) is 19.3 Å². The zero-order chi connectivity index (χ0) is 16.4. The van der Waals surface area contributed by atoms with Crippen molar-refractivity contribution in [1.82, 2.24) is 4.90 Å². The first kappa shape index (κ1) is 15.3. The van der Waals surface area contributed by atoms with Gasteiger partial charge in [0.1, 0.15) is 5.75 Å². The van der Waals surface area contributed by atoms with Crippen LogP contribution >= 0.6 is 0 Å². The van der Waals surface area contributed by atoms with E-state index >= 15 is 0 Å². The van der Waals surface area contributed by atoms with Gasteiger partial charge in [-0.1, -0.05) is 17.7 Å². The molecule has 0 aromatic heterocycles. The molecule has 0 fully saturated rings. The lowest BCUT2D eigenvalue weighted by Crippen LogP contribution is -2.37. The SMILES string of the molecule is COC(=O)c1ccc(O)c(C(=O)N2CCC3=C(C=CCC3)C2)c1. The molecule has 0 saturated carbocycles. The lowest BCUT2D eigenvalue weighted by molar-refractivity contribution is 0.0600. The molecule has 1 aliphatic carbocycles. The van der Waals surface area contributed by atoms with Crippen molar-refractivity contribution >= 4 is 11.9 Å². The predicted molar refractivity (Wildman–Crippen MR) is 85.4 cm³/mol. The van der Waals surface area contributed by atoms with Gasteiger partial charge in [0.25, 0.3) is 5.91 Å². The minimum absolute atomic E-state index is 0.124. The number of phenols is 1.